The van der Waals surface area contributed by atoms with E-state index >= 15 is 0 Å². The van der Waals surface area contributed by atoms with Crippen LogP contribution in [0.25, 0.3) is 10.4 Å². The molecule has 268 valence electrons. The molecule has 4 heterocycles. The van der Waals surface area contributed by atoms with Crippen LogP contribution in [0.5, 0.6) is 0 Å². The molecule has 14 heteroatoms. The number of piperidine rings is 1. The number of rotatable bonds is 10. The van der Waals surface area contributed by atoms with Gasteiger partial charge in [0.15, 0.2) is 0 Å². The largest absolute Gasteiger partial charge is 0.466 e. The van der Waals surface area contributed by atoms with Crippen LogP contribution in [0, 0.1) is 18.3 Å². The molecular weight excluding hydrogens is 659 g/mol. The highest BCUT2D eigenvalue weighted by Crippen LogP contribution is 2.30. The molecule has 2 aliphatic heterocycles. The fraction of sp³-hybridized carbons (Fsp3) is 0.528. The van der Waals surface area contributed by atoms with Crippen molar-refractivity contribution in [1.29, 1.82) is 0 Å². The third-order valence-electron chi connectivity index (χ3n) is 9.35. The summed E-state index contributed by atoms with van der Waals surface area (Å²) in [5.41, 5.74) is 4.71. The van der Waals surface area contributed by atoms with E-state index in [9.17, 15) is 24.3 Å². The van der Waals surface area contributed by atoms with Gasteiger partial charge in [-0.2, -0.15) is 0 Å². The number of β-amino-alcohol motifs (C(OH)–C–C–N with tert-alkyl or cyclic N) is 1. The first-order valence-corrected chi connectivity index (χ1v) is 18.0. The summed E-state index contributed by atoms with van der Waals surface area (Å²) in [5.74, 6) is -1.89. The van der Waals surface area contributed by atoms with Crippen molar-refractivity contribution < 1.29 is 29.0 Å². The van der Waals surface area contributed by atoms with E-state index in [1.807, 2.05) is 64.4 Å². The number of likely N-dealkylation sites (tertiary alicyclic amines) is 1. The summed E-state index contributed by atoms with van der Waals surface area (Å²) in [6.07, 6.45) is 3.63. The first-order chi connectivity index (χ1) is 23.8. The molecule has 0 saturated carbocycles. The molecule has 5 rings (SSSR count). The number of nitrogens with zero attached hydrogens (tertiary/aromatic N) is 5. The first-order valence-electron chi connectivity index (χ1n) is 17.1. The van der Waals surface area contributed by atoms with Gasteiger partial charge in [-0.15, -0.1) is 11.3 Å². The monoisotopic (exact) mass is 705 g/mol. The molecule has 2 aromatic heterocycles. The molecule has 0 bridgehead atoms. The van der Waals surface area contributed by atoms with Crippen molar-refractivity contribution in [2.45, 2.75) is 85.0 Å². The van der Waals surface area contributed by atoms with E-state index in [0.29, 0.717) is 32.5 Å². The summed E-state index contributed by atoms with van der Waals surface area (Å²) in [5, 5.41) is 16.4. The van der Waals surface area contributed by atoms with Crippen LogP contribution in [-0.2, 0) is 19.1 Å². The molecule has 4 atom stereocenters. The zero-order valence-electron chi connectivity index (χ0n) is 29.5. The van der Waals surface area contributed by atoms with Gasteiger partial charge in [0.25, 0.3) is 5.91 Å². The Morgan fingerprint density at radius 2 is 1.70 bits per heavy atom. The number of esters is 1. The van der Waals surface area contributed by atoms with Gasteiger partial charge in [0.1, 0.15) is 12.1 Å². The van der Waals surface area contributed by atoms with Crippen LogP contribution in [0.3, 0.4) is 0 Å². The Morgan fingerprint density at radius 1 is 1.04 bits per heavy atom. The zero-order valence-corrected chi connectivity index (χ0v) is 30.3. The minimum absolute atomic E-state index is 0.0330. The molecule has 3 aromatic rings. The maximum atomic E-state index is 14.1. The van der Waals surface area contributed by atoms with Crippen molar-refractivity contribution in [1.82, 2.24) is 30.5 Å². The van der Waals surface area contributed by atoms with Crippen molar-refractivity contribution >= 4 is 40.7 Å². The minimum Gasteiger partial charge on any atom is -0.466 e. The highest BCUT2D eigenvalue weighted by molar-refractivity contribution is 7.13. The second kappa shape index (κ2) is 15.6. The van der Waals surface area contributed by atoms with Gasteiger partial charge in [0.05, 0.1) is 58.8 Å². The van der Waals surface area contributed by atoms with Gasteiger partial charge in [-0.3, -0.25) is 19.2 Å². The summed E-state index contributed by atoms with van der Waals surface area (Å²) in [6, 6.07) is 5.62. The van der Waals surface area contributed by atoms with Gasteiger partial charge >= 0.3 is 5.97 Å². The van der Waals surface area contributed by atoms with Gasteiger partial charge in [-0.05, 0) is 50.2 Å². The molecule has 0 aliphatic carbocycles. The van der Waals surface area contributed by atoms with Crippen LogP contribution >= 0.6 is 11.3 Å². The lowest BCUT2D eigenvalue weighted by Crippen LogP contribution is -2.58. The zero-order chi connectivity index (χ0) is 36.2. The van der Waals surface area contributed by atoms with Crippen molar-refractivity contribution in [3.63, 3.8) is 0 Å². The number of aliphatic hydroxyl groups is 1. The summed E-state index contributed by atoms with van der Waals surface area (Å²) in [6.45, 7) is 12.7. The topological polar surface area (TPSA) is 167 Å². The highest BCUT2D eigenvalue weighted by Gasteiger charge is 2.45. The maximum Gasteiger partial charge on any atom is 0.309 e. The Labute approximate surface area is 296 Å². The molecule has 2 aliphatic rings. The summed E-state index contributed by atoms with van der Waals surface area (Å²) in [7, 11) is 0. The van der Waals surface area contributed by atoms with E-state index in [0.717, 1.165) is 27.4 Å². The van der Waals surface area contributed by atoms with Crippen LogP contribution in [0.15, 0.2) is 42.2 Å². The summed E-state index contributed by atoms with van der Waals surface area (Å²) in [4.78, 5) is 70.5. The van der Waals surface area contributed by atoms with Crippen LogP contribution in [0.4, 0.5) is 5.69 Å². The van der Waals surface area contributed by atoms with E-state index in [1.165, 1.54) is 4.90 Å². The highest BCUT2D eigenvalue weighted by atomic mass is 32.1. The molecule has 3 N–H and O–H groups in total. The summed E-state index contributed by atoms with van der Waals surface area (Å²) < 4.78 is 5.15. The molecule has 3 amide bonds. The van der Waals surface area contributed by atoms with Crippen LogP contribution in [-0.4, -0.2) is 93.1 Å². The Balaban J connectivity index is 1.22. The van der Waals surface area contributed by atoms with Gasteiger partial charge in [0, 0.05) is 26.1 Å². The van der Waals surface area contributed by atoms with E-state index in [-0.39, 0.29) is 42.6 Å². The number of aliphatic hydroxyl groups excluding tert-OH is 1. The summed E-state index contributed by atoms with van der Waals surface area (Å²) >= 11 is 1.57. The van der Waals surface area contributed by atoms with E-state index in [4.69, 9.17) is 4.74 Å². The second-order valence-corrected chi connectivity index (χ2v) is 14.9. The van der Waals surface area contributed by atoms with Gasteiger partial charge in [-0.25, -0.2) is 15.0 Å². The quantitative estimate of drug-likeness (QED) is 0.265. The SMILES string of the molecule is CCOC(=O)C1CCN(c2cnc(C(=O)NC(C(=O)N3C[C@H](O)C[C@H]3C(=O)NC(C)c3ccc(-c4scnc4C)cc3)C(C)(C)C)nc2)CC1. The number of nitrogens with one attached hydrogen (secondary N) is 2. The van der Waals surface area contributed by atoms with Gasteiger partial charge in [-0.1, -0.05) is 45.0 Å². The number of thiazole rings is 1. The number of amides is 3. The lowest BCUT2D eigenvalue weighted by Gasteiger charge is -2.35. The second-order valence-electron chi connectivity index (χ2n) is 14.1. The smallest absolute Gasteiger partial charge is 0.309 e. The fourth-order valence-electron chi connectivity index (χ4n) is 6.45. The Morgan fingerprint density at radius 3 is 2.28 bits per heavy atom. The third kappa shape index (κ3) is 8.47. The van der Waals surface area contributed by atoms with E-state index in [1.54, 1.807) is 30.7 Å². The molecule has 2 fully saturated rings. The van der Waals surface area contributed by atoms with Gasteiger partial charge in [0.2, 0.25) is 17.6 Å². The van der Waals surface area contributed by atoms with Crippen molar-refractivity contribution in [2.24, 2.45) is 11.3 Å². The third-order valence-corrected chi connectivity index (χ3v) is 10.3. The molecular formula is C36H47N7O6S. The van der Waals surface area contributed by atoms with Crippen molar-refractivity contribution in [3.8, 4) is 10.4 Å². The molecule has 2 saturated heterocycles. The number of carbonyl (C=O) groups is 4. The average molecular weight is 706 g/mol. The van der Waals surface area contributed by atoms with Crippen molar-refractivity contribution in [2.75, 3.05) is 31.1 Å². The predicted octanol–water partition coefficient (Wildman–Crippen LogP) is 3.67. The lowest BCUT2D eigenvalue weighted by molar-refractivity contribution is -0.148. The number of aromatic nitrogens is 3. The Hall–Kier alpha value is -4.43. The number of hydrogen-bond donors (Lipinski definition) is 3. The number of anilines is 1. The fourth-order valence-corrected chi connectivity index (χ4v) is 7.26. The number of carbonyl (C=O) groups excluding carboxylic acids is 4. The molecule has 2 unspecified atom stereocenters. The first kappa shape index (κ1) is 36.8. The van der Waals surface area contributed by atoms with Crippen LogP contribution in [0.1, 0.15) is 81.8 Å². The number of benzene rings is 1. The molecule has 0 radical (unpaired) electrons. The van der Waals surface area contributed by atoms with Gasteiger partial charge < -0.3 is 30.3 Å². The predicted molar refractivity (Wildman–Crippen MR) is 189 cm³/mol. The maximum absolute atomic E-state index is 14.1. The number of hydrogen-bond acceptors (Lipinski definition) is 11. The van der Waals surface area contributed by atoms with Crippen molar-refractivity contribution in [3.05, 3.63) is 59.3 Å². The average Bonchev–Trinajstić information content (AvgIpc) is 3.71. The van der Waals surface area contributed by atoms with Crippen LogP contribution < -0.4 is 15.5 Å². The molecule has 1 aromatic carbocycles. The van der Waals surface area contributed by atoms with Crippen LogP contribution in [0.2, 0.25) is 0 Å². The Bertz CT molecular complexity index is 1660. The number of aryl methyl sites for hydroxylation is 1. The van der Waals surface area contributed by atoms with E-state index in [2.05, 4.69) is 30.5 Å². The molecule has 13 nitrogen and oxygen atoms in total. The lowest BCUT2D eigenvalue weighted by atomic mass is 9.85. The minimum atomic E-state index is -1.03. The Kier molecular flexibility index (Phi) is 11.5. The van der Waals surface area contributed by atoms with E-state index < -0.39 is 35.4 Å². The molecule has 50 heavy (non-hydrogen) atoms. The molecule has 0 spiro atoms. The number of ether oxygens (including phenoxy) is 1. The standard InChI is InChI=1S/C36H47N7O6S/c1-7-49-35(48)25-12-14-42(15-13-25)26-17-37-31(38-18-26)33(46)41-30(36(4,5)6)34(47)43-19-27(44)16-28(43)32(45)40-21(2)23-8-10-24(11-9-23)29-22(3)39-20-50-29/h8-11,17-18,20-21,25,27-28,30,44H,7,12-16,19H2,1-6H3,(H,40,45)(H,41,46)/t21?,27-,28+,30?/m1/s1. The normalized spacial score (nSPS) is 19.5.